The van der Waals surface area contributed by atoms with E-state index in [1.807, 2.05) is 0 Å². The number of rotatable bonds is 9. The van der Waals surface area contributed by atoms with Crippen LogP contribution in [0.1, 0.15) is 25.7 Å². The van der Waals surface area contributed by atoms with E-state index in [4.69, 9.17) is 4.74 Å². The number of amides is 2. The second-order valence-electron chi connectivity index (χ2n) is 5.32. The SMILES string of the molecule is O=C(CCCNC(=O)C1CC1)NCCOc1ccc(F)cc1. The molecule has 1 aromatic rings. The molecule has 0 bridgehead atoms. The van der Waals surface area contributed by atoms with Gasteiger partial charge in [-0.2, -0.15) is 0 Å². The van der Waals surface area contributed by atoms with Crippen LogP contribution in [0.2, 0.25) is 0 Å². The Hall–Kier alpha value is -2.11. The number of carbonyl (C=O) groups excluding carboxylic acids is 2. The van der Waals surface area contributed by atoms with Crippen molar-refractivity contribution in [3.63, 3.8) is 0 Å². The van der Waals surface area contributed by atoms with Gasteiger partial charge in [0.15, 0.2) is 0 Å². The summed E-state index contributed by atoms with van der Waals surface area (Å²) in [5, 5.41) is 5.56. The molecule has 1 saturated carbocycles. The molecule has 5 nitrogen and oxygen atoms in total. The van der Waals surface area contributed by atoms with E-state index in [0.29, 0.717) is 38.3 Å². The molecule has 2 amide bonds. The van der Waals surface area contributed by atoms with Crippen LogP contribution in [-0.4, -0.2) is 31.5 Å². The molecule has 0 aliphatic heterocycles. The third-order valence-electron chi connectivity index (χ3n) is 3.33. The normalized spacial score (nSPS) is 13.5. The first-order chi connectivity index (χ1) is 10.6. The molecule has 0 radical (unpaired) electrons. The van der Waals surface area contributed by atoms with Gasteiger partial charge in [-0.1, -0.05) is 0 Å². The first kappa shape index (κ1) is 16.3. The molecule has 0 atom stereocenters. The minimum absolute atomic E-state index is 0.0663. The van der Waals surface area contributed by atoms with Gasteiger partial charge in [-0.15, -0.1) is 0 Å². The lowest BCUT2D eigenvalue weighted by atomic mass is 10.3. The molecule has 0 spiro atoms. The lowest BCUT2D eigenvalue weighted by Gasteiger charge is -2.08. The first-order valence-electron chi connectivity index (χ1n) is 7.58. The van der Waals surface area contributed by atoms with E-state index < -0.39 is 0 Å². The fraction of sp³-hybridized carbons (Fsp3) is 0.500. The van der Waals surface area contributed by atoms with Gasteiger partial charge < -0.3 is 15.4 Å². The number of ether oxygens (including phenoxy) is 1. The number of halogens is 1. The van der Waals surface area contributed by atoms with E-state index in [1.165, 1.54) is 12.1 Å². The lowest BCUT2D eigenvalue weighted by Crippen LogP contribution is -2.30. The van der Waals surface area contributed by atoms with Crippen LogP contribution in [0.5, 0.6) is 5.75 Å². The maximum Gasteiger partial charge on any atom is 0.223 e. The van der Waals surface area contributed by atoms with Crippen molar-refractivity contribution < 1.29 is 18.7 Å². The maximum absolute atomic E-state index is 12.7. The lowest BCUT2D eigenvalue weighted by molar-refractivity contribution is -0.123. The molecule has 22 heavy (non-hydrogen) atoms. The maximum atomic E-state index is 12.7. The topological polar surface area (TPSA) is 67.4 Å². The van der Waals surface area contributed by atoms with Crippen LogP contribution < -0.4 is 15.4 Å². The van der Waals surface area contributed by atoms with Gasteiger partial charge in [-0.05, 0) is 43.5 Å². The van der Waals surface area contributed by atoms with Gasteiger partial charge in [-0.3, -0.25) is 9.59 Å². The number of hydrogen-bond acceptors (Lipinski definition) is 3. The summed E-state index contributed by atoms with van der Waals surface area (Å²) in [5.74, 6) is 0.502. The fourth-order valence-electron chi connectivity index (χ4n) is 1.93. The van der Waals surface area contributed by atoms with Crippen molar-refractivity contribution in [1.29, 1.82) is 0 Å². The Balaban J connectivity index is 1.46. The summed E-state index contributed by atoms with van der Waals surface area (Å²) in [6.07, 6.45) is 2.98. The van der Waals surface area contributed by atoms with Gasteiger partial charge in [0.05, 0.1) is 6.54 Å². The van der Waals surface area contributed by atoms with Gasteiger partial charge in [0.1, 0.15) is 18.2 Å². The predicted octanol–water partition coefficient (Wildman–Crippen LogP) is 1.63. The van der Waals surface area contributed by atoms with E-state index in [1.54, 1.807) is 12.1 Å². The summed E-state index contributed by atoms with van der Waals surface area (Å²) >= 11 is 0. The average molecular weight is 308 g/mol. The van der Waals surface area contributed by atoms with Gasteiger partial charge in [-0.25, -0.2) is 4.39 Å². The molecule has 2 rings (SSSR count). The van der Waals surface area contributed by atoms with Crippen molar-refractivity contribution in [2.24, 2.45) is 5.92 Å². The quantitative estimate of drug-likeness (QED) is 0.681. The zero-order valence-electron chi connectivity index (χ0n) is 12.4. The molecule has 120 valence electrons. The second kappa shape index (κ2) is 8.36. The number of benzene rings is 1. The standard InChI is InChI=1S/C16H21FN2O3/c17-13-5-7-14(8-6-13)22-11-10-18-15(20)2-1-9-19-16(21)12-3-4-12/h5-8,12H,1-4,9-11H2,(H,18,20)(H,19,21). The molecule has 6 heteroatoms. The van der Waals surface area contributed by atoms with Crippen LogP contribution in [0.15, 0.2) is 24.3 Å². The van der Waals surface area contributed by atoms with Crippen molar-refractivity contribution >= 4 is 11.8 Å². The highest BCUT2D eigenvalue weighted by Crippen LogP contribution is 2.28. The van der Waals surface area contributed by atoms with Crippen LogP contribution in [-0.2, 0) is 9.59 Å². The molecule has 0 heterocycles. The van der Waals surface area contributed by atoms with Gasteiger partial charge in [0.25, 0.3) is 0 Å². The number of hydrogen-bond donors (Lipinski definition) is 2. The van der Waals surface area contributed by atoms with Crippen molar-refractivity contribution in [3.05, 3.63) is 30.1 Å². The highest BCUT2D eigenvalue weighted by atomic mass is 19.1. The van der Waals surface area contributed by atoms with Crippen LogP contribution in [0, 0.1) is 11.7 Å². The van der Waals surface area contributed by atoms with E-state index in [2.05, 4.69) is 10.6 Å². The van der Waals surface area contributed by atoms with E-state index >= 15 is 0 Å². The van der Waals surface area contributed by atoms with Crippen molar-refractivity contribution in [2.45, 2.75) is 25.7 Å². The molecule has 1 aliphatic rings. The van der Waals surface area contributed by atoms with Crippen molar-refractivity contribution in [3.8, 4) is 5.75 Å². The molecule has 2 N–H and O–H groups in total. The Morgan fingerprint density at radius 2 is 1.86 bits per heavy atom. The highest BCUT2D eigenvalue weighted by Gasteiger charge is 2.28. The van der Waals surface area contributed by atoms with Gasteiger partial charge in [0, 0.05) is 18.9 Å². The molecule has 0 aromatic heterocycles. The molecular weight excluding hydrogens is 287 g/mol. The fourth-order valence-corrected chi connectivity index (χ4v) is 1.93. The van der Waals surface area contributed by atoms with Crippen molar-refractivity contribution in [1.82, 2.24) is 10.6 Å². The second-order valence-corrected chi connectivity index (χ2v) is 5.32. The zero-order chi connectivity index (χ0) is 15.8. The smallest absolute Gasteiger partial charge is 0.223 e. The van der Waals surface area contributed by atoms with E-state index in [-0.39, 0.29) is 23.5 Å². The first-order valence-corrected chi connectivity index (χ1v) is 7.58. The Morgan fingerprint density at radius 3 is 2.55 bits per heavy atom. The van der Waals surface area contributed by atoms with Crippen LogP contribution in [0.25, 0.3) is 0 Å². The molecule has 0 unspecified atom stereocenters. The molecule has 1 aromatic carbocycles. The van der Waals surface area contributed by atoms with Crippen LogP contribution in [0.4, 0.5) is 4.39 Å². The summed E-state index contributed by atoms with van der Waals surface area (Å²) in [6, 6.07) is 5.73. The minimum atomic E-state index is -0.311. The highest BCUT2D eigenvalue weighted by molar-refractivity contribution is 5.81. The molecule has 1 aliphatic carbocycles. The Kier molecular flexibility index (Phi) is 6.18. The molecule has 0 saturated heterocycles. The van der Waals surface area contributed by atoms with Crippen LogP contribution >= 0.6 is 0 Å². The largest absolute Gasteiger partial charge is 0.492 e. The third-order valence-corrected chi connectivity index (χ3v) is 3.33. The summed E-state index contributed by atoms with van der Waals surface area (Å²) in [6.45, 7) is 1.26. The Bertz CT molecular complexity index is 501. The van der Waals surface area contributed by atoms with Gasteiger partial charge >= 0.3 is 0 Å². The molecular formula is C16H21FN2O3. The van der Waals surface area contributed by atoms with Gasteiger partial charge in [0.2, 0.25) is 11.8 Å². The zero-order valence-corrected chi connectivity index (χ0v) is 12.4. The number of carbonyl (C=O) groups is 2. The van der Waals surface area contributed by atoms with Crippen LogP contribution in [0.3, 0.4) is 0 Å². The average Bonchev–Trinajstić information content (AvgIpc) is 3.34. The molecule has 1 fully saturated rings. The summed E-state index contributed by atoms with van der Waals surface area (Å²) in [4.78, 5) is 22.9. The predicted molar refractivity (Wildman–Crippen MR) is 79.9 cm³/mol. The summed E-state index contributed by atoms with van der Waals surface area (Å²) in [7, 11) is 0. The Morgan fingerprint density at radius 1 is 1.14 bits per heavy atom. The van der Waals surface area contributed by atoms with E-state index in [9.17, 15) is 14.0 Å². The minimum Gasteiger partial charge on any atom is -0.492 e. The monoisotopic (exact) mass is 308 g/mol. The summed E-state index contributed by atoms with van der Waals surface area (Å²) in [5.41, 5.74) is 0. The van der Waals surface area contributed by atoms with Crippen molar-refractivity contribution in [2.75, 3.05) is 19.7 Å². The number of nitrogens with one attached hydrogen (secondary N) is 2. The summed E-state index contributed by atoms with van der Waals surface area (Å²) < 4.78 is 18.1. The third kappa shape index (κ3) is 6.11. The Labute approximate surface area is 129 Å². The van der Waals surface area contributed by atoms with E-state index in [0.717, 1.165) is 12.8 Å².